The van der Waals surface area contributed by atoms with E-state index in [2.05, 4.69) is 64.3 Å². The van der Waals surface area contributed by atoms with Crippen molar-refractivity contribution in [2.45, 2.75) is 32.2 Å². The normalized spacial score (nSPS) is 15.0. The Morgan fingerprint density at radius 3 is 2.71 bits per heavy atom. The molecule has 0 bridgehead atoms. The van der Waals surface area contributed by atoms with E-state index in [1.807, 2.05) is 7.05 Å². The van der Waals surface area contributed by atoms with Gasteiger partial charge in [0.05, 0.1) is 5.69 Å². The lowest BCUT2D eigenvalue weighted by Gasteiger charge is -2.16. The van der Waals surface area contributed by atoms with Gasteiger partial charge >= 0.3 is 0 Å². The molecule has 126 valence electrons. The second-order valence-electron chi connectivity index (χ2n) is 6.04. The Bertz CT molecular complexity index is 707. The minimum Gasteiger partial charge on any atom is -0.356 e. The van der Waals surface area contributed by atoms with E-state index < -0.39 is 0 Å². The smallest absolute Gasteiger partial charge is 0.191 e. The summed E-state index contributed by atoms with van der Waals surface area (Å²) in [7, 11) is 1.82. The number of thiazole rings is 1. The van der Waals surface area contributed by atoms with Gasteiger partial charge in [-0.05, 0) is 19.8 Å². The highest BCUT2D eigenvalue weighted by atomic mass is 32.1. The van der Waals surface area contributed by atoms with Crippen LogP contribution >= 0.6 is 11.3 Å². The summed E-state index contributed by atoms with van der Waals surface area (Å²) in [6.07, 6.45) is 7.48. The summed E-state index contributed by atoms with van der Waals surface area (Å²) >= 11 is 1.71. The first-order valence-electron chi connectivity index (χ1n) is 8.38. The maximum absolute atomic E-state index is 4.74. The number of hydrogen-bond donors (Lipinski definition) is 2. The third-order valence-electron chi connectivity index (χ3n) is 4.10. The SMILES string of the molecule is CN=C(NCCc1csc(-c2ccc(C)cc2)n1)NC1CC=CC1. The average Bonchev–Trinajstić information content (AvgIpc) is 3.26. The summed E-state index contributed by atoms with van der Waals surface area (Å²) < 4.78 is 0. The second kappa shape index (κ2) is 8.11. The summed E-state index contributed by atoms with van der Waals surface area (Å²) in [5.41, 5.74) is 3.59. The zero-order valence-corrected chi connectivity index (χ0v) is 15.1. The number of aryl methyl sites for hydroxylation is 1. The topological polar surface area (TPSA) is 49.3 Å². The first-order valence-corrected chi connectivity index (χ1v) is 9.26. The molecule has 0 saturated carbocycles. The predicted molar refractivity (Wildman–Crippen MR) is 103 cm³/mol. The third kappa shape index (κ3) is 4.45. The Kier molecular flexibility index (Phi) is 5.64. The molecule has 5 heteroatoms. The molecule has 0 spiro atoms. The van der Waals surface area contributed by atoms with Crippen LogP contribution in [0.1, 0.15) is 24.1 Å². The Hall–Kier alpha value is -2.14. The van der Waals surface area contributed by atoms with E-state index in [1.165, 1.54) is 11.1 Å². The standard InChI is InChI=1S/C19H24N4S/c1-14-7-9-15(10-8-14)18-22-17(13-24-18)11-12-21-19(20-2)23-16-5-3-4-6-16/h3-4,7-10,13,16H,5-6,11-12H2,1-2H3,(H2,20,21,23). The number of aromatic nitrogens is 1. The van der Waals surface area contributed by atoms with Gasteiger partial charge < -0.3 is 10.6 Å². The molecule has 1 aliphatic carbocycles. The fraction of sp³-hybridized carbons (Fsp3) is 0.368. The maximum Gasteiger partial charge on any atom is 0.191 e. The van der Waals surface area contributed by atoms with Crippen LogP contribution in [0, 0.1) is 6.92 Å². The minimum absolute atomic E-state index is 0.476. The van der Waals surface area contributed by atoms with Crippen molar-refractivity contribution in [3.63, 3.8) is 0 Å². The highest BCUT2D eigenvalue weighted by Gasteiger charge is 2.11. The Morgan fingerprint density at radius 2 is 2.00 bits per heavy atom. The molecule has 2 aromatic rings. The number of nitrogens with one attached hydrogen (secondary N) is 2. The Balaban J connectivity index is 1.49. The molecule has 1 aromatic carbocycles. The zero-order valence-electron chi connectivity index (χ0n) is 14.2. The van der Waals surface area contributed by atoms with Gasteiger partial charge in [0.25, 0.3) is 0 Å². The van der Waals surface area contributed by atoms with Gasteiger partial charge in [-0.15, -0.1) is 11.3 Å². The molecule has 0 atom stereocenters. The molecule has 0 unspecified atom stereocenters. The van der Waals surface area contributed by atoms with Crippen molar-refractivity contribution < 1.29 is 0 Å². The van der Waals surface area contributed by atoms with E-state index in [0.717, 1.165) is 42.5 Å². The van der Waals surface area contributed by atoms with Crippen LogP contribution in [0.3, 0.4) is 0 Å². The van der Waals surface area contributed by atoms with Crippen LogP contribution < -0.4 is 10.6 Å². The number of rotatable bonds is 5. The number of hydrogen-bond acceptors (Lipinski definition) is 3. The highest BCUT2D eigenvalue weighted by molar-refractivity contribution is 7.13. The van der Waals surface area contributed by atoms with Gasteiger partial charge in [0.2, 0.25) is 0 Å². The van der Waals surface area contributed by atoms with Gasteiger partial charge in [-0.3, -0.25) is 4.99 Å². The maximum atomic E-state index is 4.74. The van der Waals surface area contributed by atoms with Crippen LogP contribution in [0.4, 0.5) is 0 Å². The Labute approximate surface area is 147 Å². The molecule has 0 fully saturated rings. The van der Waals surface area contributed by atoms with Gasteiger partial charge in [0.1, 0.15) is 5.01 Å². The monoisotopic (exact) mass is 340 g/mol. The molecule has 1 aliphatic rings. The Morgan fingerprint density at radius 1 is 1.25 bits per heavy atom. The van der Waals surface area contributed by atoms with Crippen molar-refractivity contribution >= 4 is 17.3 Å². The lowest BCUT2D eigenvalue weighted by atomic mass is 10.2. The van der Waals surface area contributed by atoms with Crippen molar-refractivity contribution in [2.24, 2.45) is 4.99 Å². The van der Waals surface area contributed by atoms with Crippen LogP contribution in [0.5, 0.6) is 0 Å². The van der Waals surface area contributed by atoms with Gasteiger partial charge in [-0.1, -0.05) is 42.0 Å². The number of benzene rings is 1. The van der Waals surface area contributed by atoms with E-state index in [1.54, 1.807) is 11.3 Å². The second-order valence-corrected chi connectivity index (χ2v) is 6.90. The predicted octanol–water partition coefficient (Wildman–Crippen LogP) is 3.54. The van der Waals surface area contributed by atoms with Gasteiger partial charge in [0.15, 0.2) is 5.96 Å². The van der Waals surface area contributed by atoms with Crippen LogP contribution in [-0.2, 0) is 6.42 Å². The van der Waals surface area contributed by atoms with E-state index in [-0.39, 0.29) is 0 Å². The van der Waals surface area contributed by atoms with Crippen molar-refractivity contribution in [3.8, 4) is 10.6 Å². The summed E-state index contributed by atoms with van der Waals surface area (Å²) in [5, 5.41) is 10.1. The molecule has 0 saturated heterocycles. The zero-order chi connectivity index (χ0) is 16.8. The van der Waals surface area contributed by atoms with E-state index in [9.17, 15) is 0 Å². The van der Waals surface area contributed by atoms with Crippen molar-refractivity contribution in [2.75, 3.05) is 13.6 Å². The highest BCUT2D eigenvalue weighted by Crippen LogP contribution is 2.24. The number of aliphatic imine (C=N–C) groups is 1. The molecule has 1 heterocycles. The summed E-state index contributed by atoms with van der Waals surface area (Å²) in [4.78, 5) is 9.04. The van der Waals surface area contributed by atoms with Gasteiger partial charge in [-0.2, -0.15) is 0 Å². The summed E-state index contributed by atoms with van der Waals surface area (Å²) in [6, 6.07) is 9.01. The third-order valence-corrected chi connectivity index (χ3v) is 5.04. The molecule has 0 aliphatic heterocycles. The van der Waals surface area contributed by atoms with Crippen molar-refractivity contribution in [1.29, 1.82) is 0 Å². The summed E-state index contributed by atoms with van der Waals surface area (Å²) in [6.45, 7) is 2.93. The van der Waals surface area contributed by atoms with E-state index in [4.69, 9.17) is 4.98 Å². The first-order chi connectivity index (χ1) is 11.7. The quantitative estimate of drug-likeness (QED) is 0.497. The lowest BCUT2D eigenvalue weighted by molar-refractivity contribution is 0.632. The fourth-order valence-corrected chi connectivity index (χ4v) is 3.54. The number of guanidine groups is 1. The minimum atomic E-state index is 0.476. The first kappa shape index (κ1) is 16.7. The average molecular weight is 340 g/mol. The molecule has 4 nitrogen and oxygen atoms in total. The van der Waals surface area contributed by atoms with Crippen LogP contribution in [-0.4, -0.2) is 30.6 Å². The number of nitrogens with zero attached hydrogens (tertiary/aromatic N) is 2. The fourth-order valence-electron chi connectivity index (χ4n) is 2.68. The molecule has 1 aromatic heterocycles. The van der Waals surface area contributed by atoms with Gasteiger partial charge in [0, 0.05) is 37.0 Å². The largest absolute Gasteiger partial charge is 0.356 e. The summed E-state index contributed by atoms with van der Waals surface area (Å²) in [5.74, 6) is 0.873. The lowest BCUT2D eigenvalue weighted by Crippen LogP contribution is -2.43. The van der Waals surface area contributed by atoms with Gasteiger partial charge in [-0.25, -0.2) is 4.98 Å². The van der Waals surface area contributed by atoms with Crippen LogP contribution in [0.15, 0.2) is 46.8 Å². The molecule has 0 radical (unpaired) electrons. The molecular formula is C19H24N4S. The van der Waals surface area contributed by atoms with Crippen LogP contribution in [0.25, 0.3) is 10.6 Å². The van der Waals surface area contributed by atoms with E-state index >= 15 is 0 Å². The van der Waals surface area contributed by atoms with Crippen molar-refractivity contribution in [1.82, 2.24) is 15.6 Å². The molecule has 0 amide bonds. The van der Waals surface area contributed by atoms with Crippen LogP contribution in [0.2, 0.25) is 0 Å². The van der Waals surface area contributed by atoms with Crippen molar-refractivity contribution in [3.05, 3.63) is 53.1 Å². The molecule has 24 heavy (non-hydrogen) atoms. The molecule has 3 rings (SSSR count). The molecular weight excluding hydrogens is 316 g/mol. The van der Waals surface area contributed by atoms with E-state index in [0.29, 0.717) is 6.04 Å². The molecule has 2 N–H and O–H groups in total.